The number of carbonyl (C=O) groups excluding carboxylic acids is 3. The zero-order valence-electron chi connectivity index (χ0n) is 38.6. The van der Waals surface area contributed by atoms with Gasteiger partial charge < -0.3 is 76.9 Å². The summed E-state index contributed by atoms with van der Waals surface area (Å²) in [6.45, 7) is 13.9. The highest BCUT2D eigenvalue weighted by Gasteiger charge is 2.63. The van der Waals surface area contributed by atoms with Crippen molar-refractivity contribution < 1.29 is 80.7 Å². The molecule has 0 radical (unpaired) electrons. The van der Waals surface area contributed by atoms with E-state index < -0.39 is 139 Å². The molecule has 25 heteroatoms. The van der Waals surface area contributed by atoms with Crippen LogP contribution in [0.5, 0.6) is 0 Å². The number of benzene rings is 1. The molecular formula is C43H54N8O17. The van der Waals surface area contributed by atoms with E-state index in [9.17, 15) is 14.4 Å². The number of fused-ring (bicyclic) bond motifs is 4. The van der Waals surface area contributed by atoms with Crippen LogP contribution in [0.1, 0.15) is 96.6 Å². The summed E-state index contributed by atoms with van der Waals surface area (Å²) in [5.74, 6) is -5.39. The van der Waals surface area contributed by atoms with Gasteiger partial charge in [0.2, 0.25) is 0 Å². The average molecular weight is 955 g/mol. The zero-order chi connectivity index (χ0) is 47.7. The fourth-order valence-corrected chi connectivity index (χ4v) is 10.2. The quantitative estimate of drug-likeness (QED) is 0.272. The number of alkyl carbamates (subject to hydrolysis) is 1. The van der Waals surface area contributed by atoms with E-state index in [-0.39, 0.29) is 12.3 Å². The molecule has 0 bridgehead atoms. The Morgan fingerprint density at radius 3 is 1.53 bits per heavy atom. The lowest BCUT2D eigenvalue weighted by Gasteiger charge is -2.29. The molecule has 0 aliphatic carbocycles. The minimum absolute atomic E-state index is 0.0361. The number of carbonyl (C=O) groups is 3. The smallest absolute Gasteiger partial charge is 0.407 e. The molecule has 68 heavy (non-hydrogen) atoms. The highest BCUT2D eigenvalue weighted by atomic mass is 16.9. The van der Waals surface area contributed by atoms with E-state index in [1.54, 1.807) is 67.8 Å². The Morgan fingerprint density at radius 1 is 0.588 bits per heavy atom. The predicted molar refractivity (Wildman–Crippen MR) is 218 cm³/mol. The Hall–Kier alpha value is -4.77. The molecule has 8 aliphatic rings. The van der Waals surface area contributed by atoms with Crippen molar-refractivity contribution in [1.82, 2.24) is 40.6 Å². The standard InChI is InChI=1S/C43H54N8O17/c1-40(2)61-27-21(25(57-35(27)65-40)19-16-51(49-46-19)24-30(34(53)55-9)60-38-32(24)64-43(7,8)68-38)44-33(52)29-23(31-37(59-29)67-42(5,6)63-31)50-15-20(47-48-50)26-22(28-36(58-26)66-41(3,4)62-28)45-39(54)56-17-18-13-11-10-12-14-18/h10-16,21-32,35-38H,17H2,1-9H3,(H,44,52)(H,45,54)/t21-,22-,23+,24-,25+,26+,27+,28+,29-,30-,31+,32+,35+,36+,37+,38+/m0/s1. The second kappa shape index (κ2) is 16.4. The molecule has 0 spiro atoms. The van der Waals surface area contributed by atoms with Gasteiger partial charge >= 0.3 is 12.1 Å². The topological polar surface area (TPSA) is 266 Å². The van der Waals surface area contributed by atoms with Crippen LogP contribution in [0.4, 0.5) is 4.79 Å². The van der Waals surface area contributed by atoms with Crippen LogP contribution in [0.3, 0.4) is 0 Å². The third kappa shape index (κ3) is 8.24. The van der Waals surface area contributed by atoms with Gasteiger partial charge in [-0.15, -0.1) is 10.2 Å². The number of hydrogen-bond acceptors (Lipinski definition) is 21. The first-order valence-corrected chi connectivity index (χ1v) is 22.5. The third-order valence-electron chi connectivity index (χ3n) is 12.9. The number of aromatic nitrogens is 6. The van der Waals surface area contributed by atoms with Gasteiger partial charge in [0, 0.05) is 0 Å². The summed E-state index contributed by atoms with van der Waals surface area (Å²) in [5, 5.41) is 23.7. The van der Waals surface area contributed by atoms with E-state index in [0.717, 1.165) is 5.56 Å². The molecule has 1 aromatic carbocycles. The Kier molecular flexibility index (Phi) is 11.0. The van der Waals surface area contributed by atoms with Crippen molar-refractivity contribution in [3.05, 3.63) is 59.7 Å². The minimum atomic E-state index is -1.28. The van der Waals surface area contributed by atoms with E-state index in [4.69, 9.17) is 66.3 Å². The van der Waals surface area contributed by atoms with Crippen molar-refractivity contribution in [2.45, 2.75) is 183 Å². The fraction of sp³-hybridized carbons (Fsp3) is 0.698. The van der Waals surface area contributed by atoms with Crippen molar-refractivity contribution in [1.29, 1.82) is 0 Å². The molecule has 8 fully saturated rings. The monoisotopic (exact) mass is 954 g/mol. The Labute approximate surface area is 388 Å². The van der Waals surface area contributed by atoms with E-state index in [2.05, 4.69) is 31.3 Å². The minimum Gasteiger partial charge on any atom is -0.467 e. The first-order valence-electron chi connectivity index (χ1n) is 22.5. The van der Waals surface area contributed by atoms with Crippen LogP contribution in [0, 0.1) is 0 Å². The maximum atomic E-state index is 14.8. The molecule has 25 nitrogen and oxygen atoms in total. The number of ether oxygens (including phenoxy) is 14. The molecular weight excluding hydrogens is 901 g/mol. The van der Waals surface area contributed by atoms with Gasteiger partial charge in [0.25, 0.3) is 5.91 Å². The molecule has 8 saturated heterocycles. The normalized spacial score (nSPS) is 39.8. The van der Waals surface area contributed by atoms with E-state index >= 15 is 0 Å². The predicted octanol–water partition coefficient (Wildman–Crippen LogP) is 1.46. The lowest BCUT2D eigenvalue weighted by molar-refractivity contribution is -0.215. The summed E-state index contributed by atoms with van der Waals surface area (Å²) in [5.41, 5.74) is 1.37. The molecule has 2 aromatic heterocycles. The van der Waals surface area contributed by atoms with Gasteiger partial charge in [-0.3, -0.25) is 4.79 Å². The first-order chi connectivity index (χ1) is 32.2. The number of hydrogen-bond donors (Lipinski definition) is 2. The average Bonchev–Trinajstić information content (AvgIpc) is 4.14. The van der Waals surface area contributed by atoms with Crippen LogP contribution in [-0.2, 0) is 82.5 Å². The van der Waals surface area contributed by atoms with Gasteiger partial charge in [-0.2, -0.15) is 0 Å². The van der Waals surface area contributed by atoms with Crippen LogP contribution in [0.15, 0.2) is 42.7 Å². The van der Waals surface area contributed by atoms with Crippen LogP contribution >= 0.6 is 0 Å². The molecule has 0 unspecified atom stereocenters. The largest absolute Gasteiger partial charge is 0.467 e. The van der Waals surface area contributed by atoms with Crippen molar-refractivity contribution in [3.63, 3.8) is 0 Å². The summed E-state index contributed by atoms with van der Waals surface area (Å²) in [4.78, 5) is 41.0. The third-order valence-corrected chi connectivity index (χ3v) is 12.9. The molecule has 10 heterocycles. The maximum absolute atomic E-state index is 14.8. The number of nitrogens with one attached hydrogen (secondary N) is 2. The summed E-state index contributed by atoms with van der Waals surface area (Å²) in [6.07, 6.45) is -8.63. The highest BCUT2D eigenvalue weighted by Crippen LogP contribution is 2.48. The molecule has 3 aromatic rings. The SMILES string of the molecule is COC(=O)[C@H]1O[C@@H]2OC(C)(C)O[C@@H]2[C@H]1n1cc([C@H]2O[C@@H]3OC(C)(C)O[C@@H]3[C@H]2NC(=O)[C@H]2O[C@@H]3OC(C)(C)O[C@@H]3[C@@H]2n2cc([C@H]3O[C@@H]4OC(C)(C)O[C@@H]4[C@H]3NC(=O)OCc3ccccc3)nn2)nn1. The lowest BCUT2D eigenvalue weighted by Crippen LogP contribution is -2.51. The number of rotatable bonds is 10. The van der Waals surface area contributed by atoms with Crippen molar-refractivity contribution in [2.24, 2.45) is 0 Å². The van der Waals surface area contributed by atoms with Gasteiger partial charge in [0.1, 0.15) is 66.7 Å². The molecule has 0 saturated carbocycles. The zero-order valence-corrected chi connectivity index (χ0v) is 38.6. The van der Waals surface area contributed by atoms with Crippen LogP contribution in [0.25, 0.3) is 0 Å². The van der Waals surface area contributed by atoms with E-state index in [1.165, 1.54) is 16.5 Å². The first kappa shape index (κ1) is 45.7. The number of nitrogens with zero attached hydrogens (tertiary/aromatic N) is 6. The Bertz CT molecular complexity index is 2420. The molecule has 368 valence electrons. The fourth-order valence-electron chi connectivity index (χ4n) is 10.2. The molecule has 11 rings (SSSR count). The van der Waals surface area contributed by atoms with Gasteiger partial charge in [0.15, 0.2) is 60.5 Å². The number of amides is 2. The van der Waals surface area contributed by atoms with Gasteiger partial charge in [0.05, 0.1) is 31.6 Å². The van der Waals surface area contributed by atoms with Crippen molar-refractivity contribution >= 4 is 18.0 Å². The molecule has 2 amide bonds. The van der Waals surface area contributed by atoms with E-state index in [1.807, 2.05) is 30.3 Å². The second-order valence-electron chi connectivity index (χ2n) is 19.6. The van der Waals surface area contributed by atoms with Crippen molar-refractivity contribution in [2.75, 3.05) is 7.11 Å². The summed E-state index contributed by atoms with van der Waals surface area (Å²) < 4.78 is 87.8. The Balaban J connectivity index is 0.856. The van der Waals surface area contributed by atoms with Crippen LogP contribution in [0.2, 0.25) is 0 Å². The van der Waals surface area contributed by atoms with Crippen molar-refractivity contribution in [3.8, 4) is 0 Å². The second-order valence-corrected chi connectivity index (χ2v) is 19.6. The van der Waals surface area contributed by atoms with E-state index in [0.29, 0.717) is 5.69 Å². The highest BCUT2D eigenvalue weighted by molar-refractivity contribution is 5.82. The maximum Gasteiger partial charge on any atom is 0.407 e. The van der Waals surface area contributed by atoms with Gasteiger partial charge in [-0.1, -0.05) is 40.8 Å². The number of methoxy groups -OCH3 is 1. The van der Waals surface area contributed by atoms with Gasteiger partial charge in [-0.25, -0.2) is 19.0 Å². The summed E-state index contributed by atoms with van der Waals surface area (Å²) in [7, 11) is 1.25. The molecule has 2 N–H and O–H groups in total. The summed E-state index contributed by atoms with van der Waals surface area (Å²) in [6, 6.07) is 5.74. The lowest BCUT2D eigenvalue weighted by atomic mass is 10.0. The van der Waals surface area contributed by atoms with Crippen LogP contribution < -0.4 is 10.6 Å². The number of esters is 1. The van der Waals surface area contributed by atoms with Crippen LogP contribution in [-0.4, -0.2) is 152 Å². The summed E-state index contributed by atoms with van der Waals surface area (Å²) >= 11 is 0. The van der Waals surface area contributed by atoms with Gasteiger partial charge in [-0.05, 0) is 61.0 Å². The molecule has 8 aliphatic heterocycles. The Morgan fingerprint density at radius 2 is 1.03 bits per heavy atom. The molecule has 16 atom stereocenters.